The molecule has 2 unspecified atom stereocenters. The number of ether oxygens (including phenoxy) is 5. The topological polar surface area (TPSA) is 149 Å². The maximum atomic E-state index is 13.3. The number of benzene rings is 1. The number of unbranched alkanes of at least 4 members (excludes halogenated alkanes) is 1. The van der Waals surface area contributed by atoms with Gasteiger partial charge >= 0.3 is 29.8 Å². The number of fused-ring (bicyclic) bond motifs is 5. The highest BCUT2D eigenvalue weighted by Gasteiger charge is 2.60. The van der Waals surface area contributed by atoms with Crippen molar-refractivity contribution in [1.29, 1.82) is 0 Å². The molecular weight excluding hydrogens is 885 g/mol. The van der Waals surface area contributed by atoms with Gasteiger partial charge in [0.05, 0.1) is 12.8 Å². The first kappa shape index (κ1) is 56.6. The van der Waals surface area contributed by atoms with Gasteiger partial charge in [-0.15, -0.1) is 0 Å². The maximum absolute atomic E-state index is 13.3. The predicted molar refractivity (Wildman–Crippen MR) is 271 cm³/mol. The number of carbonyl (C=O) groups is 6. The van der Waals surface area contributed by atoms with Crippen LogP contribution in [0.4, 0.5) is 0 Å². The molecule has 1 aromatic rings. The van der Waals surface area contributed by atoms with E-state index in [4.69, 9.17) is 23.7 Å². The molecule has 0 amide bonds. The Morgan fingerprint density at radius 2 is 1.24 bits per heavy atom. The molecule has 0 bridgehead atoms. The van der Waals surface area contributed by atoms with Crippen LogP contribution >= 0.6 is 0 Å². The van der Waals surface area contributed by atoms with Crippen molar-refractivity contribution in [3.05, 3.63) is 53.1 Å². The Bertz CT molecular complexity index is 1950. The van der Waals surface area contributed by atoms with Crippen molar-refractivity contribution < 1.29 is 52.5 Å². The Morgan fingerprint density at radius 3 is 1.83 bits per heavy atom. The van der Waals surface area contributed by atoms with E-state index in [1.165, 1.54) is 38.5 Å². The lowest BCUT2D eigenvalue weighted by molar-refractivity contribution is -0.166. The second-order valence-electron chi connectivity index (χ2n) is 22.5. The van der Waals surface area contributed by atoms with Crippen molar-refractivity contribution in [1.82, 2.24) is 0 Å². The number of allylic oxidation sites excluding steroid dienone is 2. The van der Waals surface area contributed by atoms with Gasteiger partial charge in [0.2, 0.25) is 0 Å². The molecule has 0 spiro atoms. The summed E-state index contributed by atoms with van der Waals surface area (Å²) in [7, 11) is 0. The molecule has 0 heterocycles. The first-order valence-electron chi connectivity index (χ1n) is 27.1. The van der Waals surface area contributed by atoms with Crippen LogP contribution in [0.3, 0.4) is 0 Å². The third-order valence-corrected chi connectivity index (χ3v) is 17.1. The lowest BCUT2D eigenvalue weighted by atomic mass is 9.44. The standard InChI is InChI=1S/C59H88O11/c1-10-12-14-20-52(61)67-37-47(38-68-53(62)21-15-13-11-2)69-55(64)30-39(3)18-16-17-19-40(4)31-56(65)70-57-41(5)32-45(33-42(57)6)36-66-54(63)35-44-26-28-58(8)46(34-44)22-23-48-50-25-24-49(43(7)60)59(50,9)29-27-51(48)58/h12-15,32-33,39-40,44,46-51H,10-11,16-31,34-38H2,1-9H3/b14-12-,15-13-/t39?,40?,44-,46+,48+,49-,50+,51+,58+,59-/m1/s1. The van der Waals surface area contributed by atoms with Crippen LogP contribution in [-0.4, -0.2) is 54.9 Å². The van der Waals surface area contributed by atoms with Crippen LogP contribution in [0.2, 0.25) is 0 Å². The minimum atomic E-state index is -0.903. The van der Waals surface area contributed by atoms with Crippen LogP contribution in [0.15, 0.2) is 36.4 Å². The average molecular weight is 973 g/mol. The molecule has 390 valence electrons. The SMILES string of the molecule is CC/C=C\CC(=O)OCC(COC(=O)C/C=C\CC)OC(=O)CC(C)CCCCC(C)CC(=O)Oc1c(C)cc(COC(=O)C[C@@H]2CC[C@@]3(C)[C@@H](CC[C@@H]4[C@@H]3CC[C@]3(C)[C@@H](C(C)=O)CC[C@@H]43)C2)cc1C. The summed E-state index contributed by atoms with van der Waals surface area (Å²) in [6.45, 7) is 18.4. The molecule has 5 rings (SSSR count). The first-order valence-corrected chi connectivity index (χ1v) is 27.1. The summed E-state index contributed by atoms with van der Waals surface area (Å²) in [5.41, 5.74) is 3.04. The monoisotopic (exact) mass is 973 g/mol. The summed E-state index contributed by atoms with van der Waals surface area (Å²) in [5.74, 6) is 2.71. The van der Waals surface area contributed by atoms with E-state index in [9.17, 15) is 28.8 Å². The molecule has 4 aliphatic carbocycles. The summed E-state index contributed by atoms with van der Waals surface area (Å²) in [5, 5.41) is 0. The fourth-order valence-electron chi connectivity index (χ4n) is 13.4. The van der Waals surface area contributed by atoms with Crippen molar-refractivity contribution in [2.75, 3.05) is 13.2 Å². The molecule has 4 aliphatic rings. The molecule has 4 fully saturated rings. The molecule has 10 atom stereocenters. The zero-order valence-corrected chi connectivity index (χ0v) is 44.4. The highest BCUT2D eigenvalue weighted by atomic mass is 16.6. The van der Waals surface area contributed by atoms with E-state index in [1.54, 1.807) is 12.2 Å². The van der Waals surface area contributed by atoms with Gasteiger partial charge in [-0.05, 0) is 172 Å². The first-order chi connectivity index (χ1) is 33.4. The predicted octanol–water partition coefficient (Wildman–Crippen LogP) is 12.8. The Hall–Kier alpha value is -4.28. The van der Waals surface area contributed by atoms with Crippen LogP contribution in [0.5, 0.6) is 5.75 Å². The largest absolute Gasteiger partial charge is 0.461 e. The fraction of sp³-hybridized carbons (Fsp3) is 0.729. The summed E-state index contributed by atoms with van der Waals surface area (Å²) >= 11 is 0. The van der Waals surface area contributed by atoms with E-state index >= 15 is 0 Å². The molecule has 11 nitrogen and oxygen atoms in total. The van der Waals surface area contributed by atoms with Gasteiger partial charge in [0.1, 0.15) is 31.4 Å². The fourth-order valence-corrected chi connectivity index (χ4v) is 13.4. The molecule has 0 aliphatic heterocycles. The van der Waals surface area contributed by atoms with Crippen molar-refractivity contribution >= 4 is 35.6 Å². The van der Waals surface area contributed by atoms with Gasteiger partial charge in [-0.2, -0.15) is 0 Å². The highest BCUT2D eigenvalue weighted by Crippen LogP contribution is 2.68. The average Bonchev–Trinajstić information content (AvgIpc) is 3.67. The summed E-state index contributed by atoms with van der Waals surface area (Å²) in [4.78, 5) is 76.2. The van der Waals surface area contributed by atoms with Crippen LogP contribution < -0.4 is 4.74 Å². The Balaban J connectivity index is 0.980. The van der Waals surface area contributed by atoms with Crippen LogP contribution in [-0.2, 0) is 54.3 Å². The van der Waals surface area contributed by atoms with E-state index in [2.05, 4.69) is 13.8 Å². The number of aryl methyl sites for hydroxylation is 2. The number of carbonyl (C=O) groups excluding carboxylic acids is 6. The molecule has 0 aromatic heterocycles. The lowest BCUT2D eigenvalue weighted by Crippen LogP contribution is -2.53. The second-order valence-corrected chi connectivity index (χ2v) is 22.5. The highest BCUT2D eigenvalue weighted by molar-refractivity contribution is 5.79. The van der Waals surface area contributed by atoms with Gasteiger partial charge in [0.15, 0.2) is 6.10 Å². The van der Waals surface area contributed by atoms with E-state index < -0.39 is 24.0 Å². The van der Waals surface area contributed by atoms with E-state index in [1.807, 2.05) is 72.8 Å². The van der Waals surface area contributed by atoms with Gasteiger partial charge in [-0.3, -0.25) is 28.8 Å². The van der Waals surface area contributed by atoms with E-state index in [-0.39, 0.29) is 80.6 Å². The number of hydrogen-bond donors (Lipinski definition) is 0. The van der Waals surface area contributed by atoms with Crippen molar-refractivity contribution in [3.63, 3.8) is 0 Å². The minimum Gasteiger partial charge on any atom is -0.461 e. The van der Waals surface area contributed by atoms with Gasteiger partial charge < -0.3 is 23.7 Å². The number of hydrogen-bond acceptors (Lipinski definition) is 11. The van der Waals surface area contributed by atoms with Crippen LogP contribution in [0, 0.1) is 72.0 Å². The third kappa shape index (κ3) is 15.9. The summed E-state index contributed by atoms with van der Waals surface area (Å²) in [6.07, 6.45) is 23.0. The van der Waals surface area contributed by atoms with Gasteiger partial charge in [0, 0.05) is 25.2 Å². The molecule has 70 heavy (non-hydrogen) atoms. The lowest BCUT2D eigenvalue weighted by Gasteiger charge is -2.61. The Kier molecular flexibility index (Phi) is 21.8. The Labute approximate surface area is 420 Å². The smallest absolute Gasteiger partial charge is 0.311 e. The number of ketones is 1. The molecular formula is C59H88O11. The number of esters is 5. The minimum absolute atomic E-state index is 0.0404. The summed E-state index contributed by atoms with van der Waals surface area (Å²) < 4.78 is 28.0. The zero-order valence-electron chi connectivity index (χ0n) is 44.4. The maximum Gasteiger partial charge on any atom is 0.311 e. The number of rotatable bonds is 26. The molecule has 1 aromatic carbocycles. The van der Waals surface area contributed by atoms with Crippen LogP contribution in [0.1, 0.15) is 194 Å². The Morgan fingerprint density at radius 1 is 0.671 bits per heavy atom. The van der Waals surface area contributed by atoms with Crippen molar-refractivity contribution in [3.8, 4) is 5.75 Å². The van der Waals surface area contributed by atoms with Crippen LogP contribution in [0.25, 0.3) is 0 Å². The van der Waals surface area contributed by atoms with Gasteiger partial charge in [0.25, 0.3) is 0 Å². The van der Waals surface area contributed by atoms with Gasteiger partial charge in [-0.25, -0.2) is 0 Å². The third-order valence-electron chi connectivity index (χ3n) is 17.1. The van der Waals surface area contributed by atoms with E-state index in [0.29, 0.717) is 41.1 Å². The van der Waals surface area contributed by atoms with Crippen molar-refractivity contribution in [2.45, 2.75) is 203 Å². The van der Waals surface area contributed by atoms with Crippen molar-refractivity contribution in [2.24, 2.45) is 58.2 Å². The van der Waals surface area contributed by atoms with E-state index in [0.717, 1.165) is 86.3 Å². The molecule has 0 radical (unpaired) electrons. The number of Topliss-reactive ketones (excluding diaryl/α,β-unsaturated/α-hetero) is 1. The quantitative estimate of drug-likeness (QED) is 0.0287. The molecule has 4 saturated carbocycles. The summed E-state index contributed by atoms with van der Waals surface area (Å²) in [6, 6.07) is 3.88. The molecule has 11 heteroatoms. The molecule has 0 N–H and O–H groups in total. The second kappa shape index (κ2) is 27.0. The zero-order chi connectivity index (χ0) is 51.0. The normalized spacial score (nSPS) is 27.0. The molecule has 0 saturated heterocycles. The van der Waals surface area contributed by atoms with Gasteiger partial charge in [-0.1, -0.05) is 91.5 Å².